The molecule has 19 heavy (non-hydrogen) atoms. The highest BCUT2D eigenvalue weighted by molar-refractivity contribution is 7.98. The number of hydrogen-bond acceptors (Lipinski definition) is 6. The zero-order valence-corrected chi connectivity index (χ0v) is 12.5. The number of aromatic nitrogens is 2. The highest BCUT2D eigenvalue weighted by Gasteiger charge is 2.11. The molecule has 1 saturated heterocycles. The van der Waals surface area contributed by atoms with E-state index in [1.165, 1.54) is 37.7 Å². The molecule has 1 N–H and O–H groups in total. The summed E-state index contributed by atoms with van der Waals surface area (Å²) in [6.45, 7) is 6.97. The van der Waals surface area contributed by atoms with Gasteiger partial charge in [0.15, 0.2) is 5.16 Å². The first-order valence-electron chi connectivity index (χ1n) is 6.84. The molecule has 1 fully saturated rings. The third kappa shape index (κ3) is 4.54. The van der Waals surface area contributed by atoms with Crippen LogP contribution in [0.4, 0.5) is 5.82 Å². The van der Waals surface area contributed by atoms with Gasteiger partial charge >= 0.3 is 0 Å². The van der Waals surface area contributed by atoms with Crippen LogP contribution in [0.1, 0.15) is 19.8 Å². The van der Waals surface area contributed by atoms with Crippen LogP contribution in [0.3, 0.4) is 0 Å². The molecule has 6 heteroatoms. The summed E-state index contributed by atoms with van der Waals surface area (Å²) < 4.78 is 5.75. The largest absolute Gasteiger partial charge is 0.476 e. The second kappa shape index (κ2) is 7.55. The molecule has 2 rings (SSSR count). The SMILES string of the molecule is CCNc1cc(OCCN2CCCC2)nc(SC)n1. The van der Waals surface area contributed by atoms with E-state index >= 15 is 0 Å². The second-order valence-corrected chi connectivity index (χ2v) is 5.28. The van der Waals surface area contributed by atoms with Gasteiger partial charge in [0.1, 0.15) is 12.4 Å². The molecule has 0 spiro atoms. The maximum atomic E-state index is 5.75. The van der Waals surface area contributed by atoms with E-state index in [0.29, 0.717) is 12.5 Å². The van der Waals surface area contributed by atoms with Crippen molar-refractivity contribution in [1.29, 1.82) is 0 Å². The van der Waals surface area contributed by atoms with Gasteiger partial charge in [0.2, 0.25) is 5.88 Å². The Morgan fingerprint density at radius 1 is 1.37 bits per heavy atom. The quantitative estimate of drug-likeness (QED) is 0.610. The lowest BCUT2D eigenvalue weighted by atomic mass is 10.4. The Hall–Kier alpha value is -1.01. The minimum absolute atomic E-state index is 0.662. The van der Waals surface area contributed by atoms with Gasteiger partial charge in [0, 0.05) is 19.2 Å². The molecular weight excluding hydrogens is 260 g/mol. The fourth-order valence-corrected chi connectivity index (χ4v) is 2.50. The Bertz CT molecular complexity index is 396. The zero-order valence-electron chi connectivity index (χ0n) is 11.7. The van der Waals surface area contributed by atoms with Gasteiger partial charge in [0.05, 0.1) is 0 Å². The molecule has 0 unspecified atom stereocenters. The summed E-state index contributed by atoms with van der Waals surface area (Å²) in [7, 11) is 0. The molecule has 0 saturated carbocycles. The zero-order chi connectivity index (χ0) is 13.5. The first kappa shape index (κ1) is 14.4. The lowest BCUT2D eigenvalue weighted by molar-refractivity contribution is 0.230. The standard InChI is InChI=1S/C13H22N4OS/c1-3-14-11-10-12(16-13(15-11)19-2)18-9-8-17-6-4-5-7-17/h10H,3-9H2,1-2H3,(H,14,15,16). The van der Waals surface area contributed by atoms with Crippen LogP contribution in [-0.4, -0.2) is 53.9 Å². The van der Waals surface area contributed by atoms with Crippen molar-refractivity contribution < 1.29 is 4.74 Å². The molecule has 0 bridgehead atoms. The van der Waals surface area contributed by atoms with E-state index in [1.54, 1.807) is 0 Å². The Labute approximate surface area is 119 Å². The number of rotatable bonds is 7. The Morgan fingerprint density at radius 2 is 2.16 bits per heavy atom. The van der Waals surface area contributed by atoms with Gasteiger partial charge in [-0.15, -0.1) is 0 Å². The molecule has 5 nitrogen and oxygen atoms in total. The average Bonchev–Trinajstić information content (AvgIpc) is 2.92. The predicted molar refractivity (Wildman–Crippen MR) is 79.1 cm³/mol. The van der Waals surface area contributed by atoms with Gasteiger partial charge in [-0.3, -0.25) is 4.90 Å². The van der Waals surface area contributed by atoms with Crippen molar-refractivity contribution in [3.05, 3.63) is 6.07 Å². The fourth-order valence-electron chi connectivity index (χ4n) is 2.13. The van der Waals surface area contributed by atoms with Crippen LogP contribution in [0.15, 0.2) is 11.2 Å². The van der Waals surface area contributed by atoms with Gasteiger partial charge in [-0.25, -0.2) is 4.98 Å². The van der Waals surface area contributed by atoms with Crippen LogP contribution < -0.4 is 10.1 Å². The van der Waals surface area contributed by atoms with E-state index in [0.717, 1.165) is 24.1 Å². The first-order chi connectivity index (χ1) is 9.31. The molecule has 0 aromatic carbocycles. The van der Waals surface area contributed by atoms with E-state index < -0.39 is 0 Å². The molecule has 0 radical (unpaired) electrons. The average molecular weight is 282 g/mol. The summed E-state index contributed by atoms with van der Waals surface area (Å²) in [6, 6.07) is 1.87. The lowest BCUT2D eigenvalue weighted by Gasteiger charge is -2.15. The van der Waals surface area contributed by atoms with Crippen molar-refractivity contribution in [1.82, 2.24) is 14.9 Å². The first-order valence-corrected chi connectivity index (χ1v) is 8.06. The third-order valence-electron chi connectivity index (χ3n) is 3.08. The topological polar surface area (TPSA) is 50.3 Å². The van der Waals surface area contributed by atoms with Crippen LogP contribution >= 0.6 is 11.8 Å². The van der Waals surface area contributed by atoms with Gasteiger partial charge in [-0.2, -0.15) is 4.98 Å². The minimum atomic E-state index is 0.662. The van der Waals surface area contributed by atoms with E-state index in [-0.39, 0.29) is 0 Å². The molecular formula is C13H22N4OS. The number of hydrogen-bond donors (Lipinski definition) is 1. The monoisotopic (exact) mass is 282 g/mol. The Morgan fingerprint density at radius 3 is 2.84 bits per heavy atom. The highest BCUT2D eigenvalue weighted by atomic mass is 32.2. The summed E-state index contributed by atoms with van der Waals surface area (Å²) in [6.07, 6.45) is 4.60. The third-order valence-corrected chi connectivity index (χ3v) is 3.63. The summed E-state index contributed by atoms with van der Waals surface area (Å²) in [5.41, 5.74) is 0. The van der Waals surface area contributed by atoms with Crippen LogP contribution in [-0.2, 0) is 0 Å². The van der Waals surface area contributed by atoms with Gasteiger partial charge < -0.3 is 10.1 Å². The highest BCUT2D eigenvalue weighted by Crippen LogP contribution is 2.19. The Kier molecular flexibility index (Phi) is 5.72. The summed E-state index contributed by atoms with van der Waals surface area (Å²) in [4.78, 5) is 11.2. The van der Waals surface area contributed by atoms with Crippen molar-refractivity contribution in [3.63, 3.8) is 0 Å². The second-order valence-electron chi connectivity index (χ2n) is 4.51. The van der Waals surface area contributed by atoms with Crippen LogP contribution in [0, 0.1) is 0 Å². The van der Waals surface area contributed by atoms with Crippen LogP contribution in [0.5, 0.6) is 5.88 Å². The number of anilines is 1. The van der Waals surface area contributed by atoms with Crippen molar-refractivity contribution in [3.8, 4) is 5.88 Å². The smallest absolute Gasteiger partial charge is 0.219 e. The minimum Gasteiger partial charge on any atom is -0.476 e. The molecule has 0 atom stereocenters. The number of nitrogens with zero attached hydrogens (tertiary/aromatic N) is 3. The van der Waals surface area contributed by atoms with Crippen LogP contribution in [0.25, 0.3) is 0 Å². The number of nitrogens with one attached hydrogen (secondary N) is 1. The molecule has 0 aliphatic carbocycles. The van der Waals surface area contributed by atoms with E-state index in [9.17, 15) is 0 Å². The summed E-state index contributed by atoms with van der Waals surface area (Å²) in [5, 5.41) is 3.94. The molecule has 2 heterocycles. The molecule has 1 aliphatic heterocycles. The summed E-state index contributed by atoms with van der Waals surface area (Å²) >= 11 is 1.53. The fraction of sp³-hybridized carbons (Fsp3) is 0.692. The molecule has 106 valence electrons. The van der Waals surface area contributed by atoms with E-state index in [2.05, 4.69) is 27.1 Å². The predicted octanol–water partition coefficient (Wildman–Crippen LogP) is 2.10. The van der Waals surface area contributed by atoms with Crippen molar-refractivity contribution in [2.45, 2.75) is 24.9 Å². The van der Waals surface area contributed by atoms with Crippen molar-refractivity contribution in [2.75, 3.05) is 44.4 Å². The molecule has 1 aliphatic rings. The van der Waals surface area contributed by atoms with Crippen molar-refractivity contribution >= 4 is 17.6 Å². The van der Waals surface area contributed by atoms with Gasteiger partial charge in [-0.1, -0.05) is 11.8 Å². The summed E-state index contributed by atoms with van der Waals surface area (Å²) in [5.74, 6) is 1.49. The number of thioether (sulfide) groups is 1. The van der Waals surface area contributed by atoms with Crippen LogP contribution in [0.2, 0.25) is 0 Å². The normalized spacial score (nSPS) is 15.7. The molecule has 1 aromatic heterocycles. The Balaban J connectivity index is 1.88. The number of ether oxygens (including phenoxy) is 1. The van der Waals surface area contributed by atoms with E-state index in [1.807, 2.05) is 12.3 Å². The lowest BCUT2D eigenvalue weighted by Crippen LogP contribution is -2.25. The van der Waals surface area contributed by atoms with E-state index in [4.69, 9.17) is 4.74 Å². The molecule has 0 amide bonds. The van der Waals surface area contributed by atoms with Gasteiger partial charge in [-0.05, 0) is 39.1 Å². The number of likely N-dealkylation sites (tertiary alicyclic amines) is 1. The maximum absolute atomic E-state index is 5.75. The molecule has 1 aromatic rings. The van der Waals surface area contributed by atoms with Gasteiger partial charge in [0.25, 0.3) is 0 Å². The van der Waals surface area contributed by atoms with Crippen molar-refractivity contribution in [2.24, 2.45) is 0 Å². The maximum Gasteiger partial charge on any atom is 0.219 e.